The smallest absolute Gasteiger partial charge is 0.258 e. The average molecular weight is 416 g/mol. The molecule has 0 aliphatic carbocycles. The van der Waals surface area contributed by atoms with Crippen molar-refractivity contribution >= 4 is 11.8 Å². The monoisotopic (exact) mass is 416 g/mol. The number of nitrogens with one attached hydrogen (secondary N) is 1. The van der Waals surface area contributed by atoms with Gasteiger partial charge >= 0.3 is 0 Å². The van der Waals surface area contributed by atoms with Crippen LogP contribution in [0.5, 0.6) is 11.5 Å². The molecule has 1 aliphatic rings. The maximum Gasteiger partial charge on any atom is 0.258 e. The Morgan fingerprint density at radius 2 is 1.65 bits per heavy atom. The summed E-state index contributed by atoms with van der Waals surface area (Å²) in [5, 5.41) is 2.89. The maximum absolute atomic E-state index is 13.7. The van der Waals surface area contributed by atoms with Crippen LogP contribution in [0, 0.1) is 0 Å². The molecule has 2 amide bonds. The van der Waals surface area contributed by atoms with E-state index in [-0.39, 0.29) is 18.4 Å². The summed E-state index contributed by atoms with van der Waals surface area (Å²) in [5.41, 5.74) is 1.99. The molecule has 0 saturated heterocycles. The van der Waals surface area contributed by atoms with Crippen molar-refractivity contribution in [1.29, 1.82) is 0 Å². The molecule has 6 nitrogen and oxygen atoms in total. The SMILES string of the molecule is COCCNC(=O)C1c2ccccc2Oc2ccccc2C(=O)N1Cc1ccccc1. The zero-order chi connectivity index (χ0) is 21.6. The lowest BCUT2D eigenvalue weighted by molar-refractivity contribution is -0.126. The zero-order valence-corrected chi connectivity index (χ0v) is 17.3. The fourth-order valence-corrected chi connectivity index (χ4v) is 3.69. The highest BCUT2D eigenvalue weighted by Crippen LogP contribution is 2.39. The molecule has 6 heteroatoms. The molecule has 0 spiro atoms. The van der Waals surface area contributed by atoms with E-state index in [0.717, 1.165) is 5.56 Å². The van der Waals surface area contributed by atoms with Crippen molar-refractivity contribution in [3.63, 3.8) is 0 Å². The van der Waals surface area contributed by atoms with Crippen LogP contribution < -0.4 is 10.1 Å². The highest BCUT2D eigenvalue weighted by Gasteiger charge is 2.36. The van der Waals surface area contributed by atoms with Crippen LogP contribution in [0.2, 0.25) is 0 Å². The van der Waals surface area contributed by atoms with Crippen LogP contribution in [-0.4, -0.2) is 37.0 Å². The normalized spacial score (nSPS) is 15.2. The Kier molecular flexibility index (Phi) is 6.29. The number of ether oxygens (including phenoxy) is 2. The Balaban J connectivity index is 1.83. The van der Waals surface area contributed by atoms with Crippen LogP contribution in [0.3, 0.4) is 0 Å². The number of nitrogens with zero attached hydrogens (tertiary/aromatic N) is 1. The van der Waals surface area contributed by atoms with Crippen molar-refractivity contribution in [1.82, 2.24) is 10.2 Å². The molecule has 1 heterocycles. The van der Waals surface area contributed by atoms with Crippen LogP contribution in [0.4, 0.5) is 0 Å². The number of carbonyl (C=O) groups excluding carboxylic acids is 2. The van der Waals surface area contributed by atoms with Gasteiger partial charge in [-0.2, -0.15) is 0 Å². The lowest BCUT2D eigenvalue weighted by Crippen LogP contribution is -2.44. The third-order valence-electron chi connectivity index (χ3n) is 5.17. The second-order valence-electron chi connectivity index (χ2n) is 7.24. The van der Waals surface area contributed by atoms with Gasteiger partial charge in [0.2, 0.25) is 5.91 Å². The second kappa shape index (κ2) is 9.45. The molecule has 0 aromatic heterocycles. The minimum absolute atomic E-state index is 0.263. The summed E-state index contributed by atoms with van der Waals surface area (Å²) in [7, 11) is 1.58. The Labute approximate surface area is 181 Å². The van der Waals surface area contributed by atoms with Gasteiger partial charge in [-0.05, 0) is 23.8 Å². The number of rotatable bonds is 6. The first-order valence-corrected chi connectivity index (χ1v) is 10.2. The number of hydrogen-bond donors (Lipinski definition) is 1. The number of methoxy groups -OCH3 is 1. The standard InChI is InChI=1S/C25H24N2O4/c1-30-16-15-26-24(28)23-19-11-5-7-13-21(19)31-22-14-8-6-12-20(22)25(29)27(23)17-18-9-3-2-4-10-18/h2-14,23H,15-17H2,1H3,(H,26,28). The van der Waals surface area contributed by atoms with Gasteiger partial charge < -0.3 is 19.7 Å². The van der Waals surface area contributed by atoms with Crippen LogP contribution in [0.25, 0.3) is 0 Å². The van der Waals surface area contributed by atoms with Gasteiger partial charge in [0.1, 0.15) is 17.5 Å². The molecule has 3 aromatic rings. The van der Waals surface area contributed by atoms with E-state index in [4.69, 9.17) is 9.47 Å². The highest BCUT2D eigenvalue weighted by atomic mass is 16.5. The van der Waals surface area contributed by atoms with Gasteiger partial charge in [0.25, 0.3) is 5.91 Å². The quantitative estimate of drug-likeness (QED) is 0.618. The molecule has 0 radical (unpaired) electrons. The molecule has 1 unspecified atom stereocenters. The zero-order valence-electron chi connectivity index (χ0n) is 17.3. The van der Waals surface area contributed by atoms with Gasteiger partial charge in [-0.25, -0.2) is 0 Å². The molecule has 0 bridgehead atoms. The summed E-state index contributed by atoms with van der Waals surface area (Å²) in [6.07, 6.45) is 0. The van der Waals surface area contributed by atoms with Gasteiger partial charge in [-0.15, -0.1) is 0 Å². The third kappa shape index (κ3) is 4.44. The molecule has 158 valence electrons. The minimum atomic E-state index is -0.853. The number of amides is 2. The number of fused-ring (bicyclic) bond motifs is 2. The van der Waals surface area contributed by atoms with Gasteiger partial charge in [0, 0.05) is 25.8 Å². The van der Waals surface area contributed by atoms with E-state index >= 15 is 0 Å². The summed E-state index contributed by atoms with van der Waals surface area (Å²) in [6.45, 7) is 1.01. The molecule has 3 aromatic carbocycles. The first-order valence-electron chi connectivity index (χ1n) is 10.2. The van der Waals surface area contributed by atoms with Gasteiger partial charge in [-0.1, -0.05) is 60.7 Å². The van der Waals surface area contributed by atoms with Crippen LogP contribution >= 0.6 is 0 Å². The second-order valence-corrected chi connectivity index (χ2v) is 7.24. The summed E-state index contributed by atoms with van der Waals surface area (Å²) < 4.78 is 11.2. The van der Waals surface area contributed by atoms with Crippen LogP contribution in [0.15, 0.2) is 78.9 Å². The summed E-state index contributed by atoms with van der Waals surface area (Å²) in [6, 6.07) is 23.3. The summed E-state index contributed by atoms with van der Waals surface area (Å²) in [5.74, 6) is 0.473. The van der Waals surface area contributed by atoms with Gasteiger partial charge in [-0.3, -0.25) is 9.59 Å². The molecule has 1 N–H and O–H groups in total. The van der Waals surface area contributed by atoms with Gasteiger partial charge in [0.05, 0.1) is 12.2 Å². The fourth-order valence-electron chi connectivity index (χ4n) is 3.69. The lowest BCUT2D eigenvalue weighted by atomic mass is 9.99. The van der Waals surface area contributed by atoms with Crippen molar-refractivity contribution < 1.29 is 19.1 Å². The van der Waals surface area contributed by atoms with E-state index in [2.05, 4.69) is 5.32 Å². The molecule has 4 rings (SSSR count). The first kappa shape index (κ1) is 20.6. The Morgan fingerprint density at radius 3 is 2.42 bits per heavy atom. The largest absolute Gasteiger partial charge is 0.456 e. The molecular formula is C25H24N2O4. The lowest BCUT2D eigenvalue weighted by Gasteiger charge is -2.34. The number of carbonyl (C=O) groups is 2. The predicted octanol–water partition coefficient (Wildman–Crippen LogP) is 3.94. The number of hydrogen-bond acceptors (Lipinski definition) is 4. The molecule has 1 aliphatic heterocycles. The number of para-hydroxylation sites is 2. The van der Waals surface area contributed by atoms with E-state index in [1.165, 1.54) is 0 Å². The highest BCUT2D eigenvalue weighted by molar-refractivity contribution is 6.00. The van der Waals surface area contributed by atoms with Crippen molar-refractivity contribution in [2.45, 2.75) is 12.6 Å². The Bertz CT molecular complexity index is 1070. The Hall–Kier alpha value is -3.64. The molecule has 31 heavy (non-hydrogen) atoms. The Morgan fingerprint density at radius 1 is 0.968 bits per heavy atom. The average Bonchev–Trinajstić information content (AvgIpc) is 2.80. The third-order valence-corrected chi connectivity index (χ3v) is 5.17. The van der Waals surface area contributed by atoms with E-state index in [0.29, 0.717) is 35.8 Å². The predicted molar refractivity (Wildman–Crippen MR) is 117 cm³/mol. The van der Waals surface area contributed by atoms with Crippen molar-refractivity contribution in [2.24, 2.45) is 0 Å². The molecule has 1 atom stereocenters. The molecular weight excluding hydrogens is 392 g/mol. The molecule has 0 fully saturated rings. The van der Waals surface area contributed by atoms with E-state index in [1.54, 1.807) is 30.2 Å². The minimum Gasteiger partial charge on any atom is -0.456 e. The topological polar surface area (TPSA) is 67.9 Å². The van der Waals surface area contributed by atoms with Crippen molar-refractivity contribution in [2.75, 3.05) is 20.3 Å². The van der Waals surface area contributed by atoms with Crippen molar-refractivity contribution in [3.05, 3.63) is 95.6 Å². The van der Waals surface area contributed by atoms with Crippen LogP contribution in [-0.2, 0) is 16.1 Å². The maximum atomic E-state index is 13.7. The van der Waals surface area contributed by atoms with Crippen LogP contribution in [0.1, 0.15) is 27.5 Å². The molecule has 0 saturated carbocycles. The van der Waals surface area contributed by atoms with E-state index in [9.17, 15) is 9.59 Å². The van der Waals surface area contributed by atoms with Crippen molar-refractivity contribution in [3.8, 4) is 11.5 Å². The van der Waals surface area contributed by atoms with E-state index < -0.39 is 6.04 Å². The number of benzene rings is 3. The fraction of sp³-hybridized carbons (Fsp3) is 0.200. The summed E-state index contributed by atoms with van der Waals surface area (Å²) >= 11 is 0. The van der Waals surface area contributed by atoms with Gasteiger partial charge in [0.15, 0.2) is 0 Å². The first-order chi connectivity index (χ1) is 15.2. The summed E-state index contributed by atoms with van der Waals surface area (Å²) in [4.78, 5) is 28.6. The van der Waals surface area contributed by atoms with E-state index in [1.807, 2.05) is 60.7 Å².